The van der Waals surface area contributed by atoms with Crippen LogP contribution in [0.4, 0.5) is 5.69 Å². The van der Waals surface area contributed by atoms with E-state index in [1.165, 1.54) is 12.1 Å². The van der Waals surface area contributed by atoms with Gasteiger partial charge in [-0.3, -0.25) is 0 Å². The summed E-state index contributed by atoms with van der Waals surface area (Å²) in [7, 11) is 0. The van der Waals surface area contributed by atoms with E-state index in [9.17, 15) is 19.8 Å². The lowest BCUT2D eigenvalue weighted by molar-refractivity contribution is 0.0696. The normalized spacial score (nSPS) is 11.1. The molecule has 0 spiro atoms. The number of hydrogen-bond acceptors (Lipinski definition) is 5. The molecule has 30 heavy (non-hydrogen) atoms. The minimum atomic E-state index is -1.44. The number of nitrogen functional groups attached to an aromatic ring is 1. The molecule has 0 amide bonds. The van der Waals surface area contributed by atoms with Gasteiger partial charge in [0.1, 0.15) is 11.3 Å². The quantitative estimate of drug-likeness (QED) is 0.261. The third-order valence-corrected chi connectivity index (χ3v) is 5.35. The monoisotopic (exact) mass is 442 g/mol. The Hall–Kier alpha value is -3.55. The van der Waals surface area contributed by atoms with Crippen LogP contribution in [0.15, 0.2) is 46.9 Å². The number of aromatic carboxylic acids is 2. The second kappa shape index (κ2) is 7.05. The van der Waals surface area contributed by atoms with Gasteiger partial charge in [-0.05, 0) is 30.3 Å². The molecule has 0 aromatic heterocycles. The summed E-state index contributed by atoms with van der Waals surface area (Å²) in [5, 5.41) is 27.3. The standard InChI is InChI=1S/C21H12Cl2N2O5/c22-13-7-12(20(26)27)19(23)18(21(28)29)17(13)16-10-3-1-8(24)5-14(10)30-15-6-9(25)2-4-11(15)16/h1-7,24H,25H2,(H,26,27)(H,28,29). The fraction of sp³-hybridized carbons (Fsp3) is 0. The van der Waals surface area contributed by atoms with Gasteiger partial charge in [0.15, 0.2) is 0 Å². The highest BCUT2D eigenvalue weighted by atomic mass is 35.5. The molecule has 1 aliphatic heterocycles. The molecule has 0 bridgehead atoms. The Morgan fingerprint density at radius 1 is 0.967 bits per heavy atom. The largest absolute Gasteiger partial charge is 0.478 e. The van der Waals surface area contributed by atoms with E-state index in [0.717, 1.165) is 6.07 Å². The van der Waals surface area contributed by atoms with Crippen LogP contribution in [0.3, 0.4) is 0 Å². The van der Waals surface area contributed by atoms with Crippen LogP contribution in [0.2, 0.25) is 10.0 Å². The predicted octanol–water partition coefficient (Wildman–Crippen LogP) is 4.97. The lowest BCUT2D eigenvalue weighted by Crippen LogP contribution is -2.09. The van der Waals surface area contributed by atoms with E-state index in [-0.39, 0.29) is 15.9 Å². The number of fused-ring (bicyclic) bond motifs is 2. The Morgan fingerprint density at radius 3 is 2.37 bits per heavy atom. The number of anilines is 1. The van der Waals surface area contributed by atoms with Gasteiger partial charge in [-0.15, -0.1) is 0 Å². The molecular weight excluding hydrogens is 431 g/mol. The van der Waals surface area contributed by atoms with Gasteiger partial charge < -0.3 is 25.8 Å². The summed E-state index contributed by atoms with van der Waals surface area (Å²) in [6.45, 7) is 0. The molecule has 150 valence electrons. The molecule has 7 nitrogen and oxygen atoms in total. The average Bonchev–Trinajstić information content (AvgIpc) is 2.66. The first-order valence-electron chi connectivity index (χ1n) is 8.48. The van der Waals surface area contributed by atoms with Crippen molar-refractivity contribution in [3.63, 3.8) is 0 Å². The lowest BCUT2D eigenvalue weighted by atomic mass is 9.89. The summed E-state index contributed by atoms with van der Waals surface area (Å²) >= 11 is 12.6. The molecule has 9 heteroatoms. The highest BCUT2D eigenvalue weighted by Crippen LogP contribution is 2.46. The van der Waals surface area contributed by atoms with Crippen LogP contribution in [-0.4, -0.2) is 22.2 Å². The van der Waals surface area contributed by atoms with Crippen molar-refractivity contribution in [2.45, 2.75) is 0 Å². The van der Waals surface area contributed by atoms with Crippen molar-refractivity contribution >= 4 is 51.8 Å². The number of carboxylic acid groups (broad SMARTS) is 2. The fourth-order valence-corrected chi connectivity index (χ4v) is 4.01. The molecule has 2 aromatic carbocycles. The lowest BCUT2D eigenvalue weighted by Gasteiger charge is -2.19. The maximum absolute atomic E-state index is 12.1. The van der Waals surface area contributed by atoms with Crippen molar-refractivity contribution < 1.29 is 24.2 Å². The van der Waals surface area contributed by atoms with Crippen LogP contribution < -0.4 is 11.1 Å². The molecule has 5 N–H and O–H groups in total. The van der Waals surface area contributed by atoms with Gasteiger partial charge in [0, 0.05) is 39.9 Å². The SMILES string of the molecule is N=c1ccc2c(-c3c(Cl)cc(C(=O)O)c(Cl)c3C(=O)O)c3ccc(N)cc3oc-2c1. The Labute approximate surface area is 178 Å². The minimum Gasteiger partial charge on any atom is -0.478 e. The molecule has 0 saturated heterocycles. The molecule has 0 unspecified atom stereocenters. The first-order valence-corrected chi connectivity index (χ1v) is 9.24. The highest BCUT2D eigenvalue weighted by molar-refractivity contribution is 6.41. The van der Waals surface area contributed by atoms with Crippen molar-refractivity contribution in [1.82, 2.24) is 0 Å². The summed E-state index contributed by atoms with van der Waals surface area (Å²) in [4.78, 5) is 23.6. The summed E-state index contributed by atoms with van der Waals surface area (Å²) in [5.41, 5.74) is 6.67. The van der Waals surface area contributed by atoms with Gasteiger partial charge >= 0.3 is 11.9 Å². The number of rotatable bonds is 3. The van der Waals surface area contributed by atoms with Gasteiger partial charge in [-0.25, -0.2) is 9.59 Å². The van der Waals surface area contributed by atoms with Crippen molar-refractivity contribution in [3.8, 4) is 22.5 Å². The zero-order chi connectivity index (χ0) is 21.7. The number of carboxylic acids is 2. The van der Waals surface area contributed by atoms with Gasteiger partial charge in [-0.1, -0.05) is 23.2 Å². The van der Waals surface area contributed by atoms with Gasteiger partial charge in [0.2, 0.25) is 0 Å². The Morgan fingerprint density at radius 2 is 1.70 bits per heavy atom. The molecule has 0 radical (unpaired) electrons. The van der Waals surface area contributed by atoms with Crippen molar-refractivity contribution in [3.05, 3.63) is 69.0 Å². The smallest absolute Gasteiger partial charge is 0.337 e. The van der Waals surface area contributed by atoms with Gasteiger partial charge in [0.25, 0.3) is 0 Å². The number of benzene rings is 3. The van der Waals surface area contributed by atoms with Crippen molar-refractivity contribution in [2.24, 2.45) is 0 Å². The van der Waals surface area contributed by atoms with E-state index in [4.69, 9.17) is 38.8 Å². The average molecular weight is 443 g/mol. The Kier molecular flexibility index (Phi) is 4.64. The second-order valence-corrected chi connectivity index (χ2v) is 7.31. The van der Waals surface area contributed by atoms with Crippen LogP contribution >= 0.6 is 23.2 Å². The molecule has 2 aliphatic rings. The number of halogens is 2. The van der Waals surface area contributed by atoms with Crippen molar-refractivity contribution in [1.29, 1.82) is 5.41 Å². The van der Waals surface area contributed by atoms with Crippen LogP contribution in [0.5, 0.6) is 0 Å². The molecule has 0 fully saturated rings. The fourth-order valence-electron chi connectivity index (χ4n) is 3.40. The molecule has 0 atom stereocenters. The van der Waals surface area contributed by atoms with E-state index >= 15 is 0 Å². The van der Waals surface area contributed by atoms with E-state index < -0.39 is 28.1 Å². The van der Waals surface area contributed by atoms with Crippen LogP contribution in [0, 0.1) is 5.41 Å². The summed E-state index contributed by atoms with van der Waals surface area (Å²) < 4.78 is 5.88. The number of carbonyl (C=O) groups is 2. The predicted molar refractivity (Wildman–Crippen MR) is 112 cm³/mol. The second-order valence-electron chi connectivity index (χ2n) is 6.52. The van der Waals surface area contributed by atoms with E-state index in [1.54, 1.807) is 24.3 Å². The third kappa shape index (κ3) is 3.04. The maximum atomic E-state index is 12.1. The van der Waals surface area contributed by atoms with Crippen molar-refractivity contribution in [2.75, 3.05) is 5.73 Å². The third-order valence-electron chi connectivity index (χ3n) is 4.66. The first kappa shape index (κ1) is 19.8. The molecular formula is C21H12Cl2N2O5. The highest BCUT2D eigenvalue weighted by Gasteiger charge is 2.29. The van der Waals surface area contributed by atoms with E-state index in [1.807, 2.05) is 0 Å². The van der Waals surface area contributed by atoms with E-state index in [0.29, 0.717) is 33.5 Å². The zero-order valence-electron chi connectivity index (χ0n) is 15.0. The maximum Gasteiger partial charge on any atom is 0.337 e. The number of nitrogens with one attached hydrogen (secondary N) is 1. The van der Waals surface area contributed by atoms with E-state index in [2.05, 4.69) is 0 Å². The number of hydrogen-bond donors (Lipinski definition) is 4. The zero-order valence-corrected chi connectivity index (χ0v) is 16.5. The summed E-state index contributed by atoms with van der Waals surface area (Å²) in [6, 6.07) is 10.6. The molecule has 1 heterocycles. The summed E-state index contributed by atoms with van der Waals surface area (Å²) in [6.07, 6.45) is 0. The van der Waals surface area contributed by atoms with Crippen LogP contribution in [-0.2, 0) is 0 Å². The van der Waals surface area contributed by atoms with Crippen LogP contribution in [0.25, 0.3) is 33.4 Å². The molecule has 4 rings (SSSR count). The van der Waals surface area contributed by atoms with Crippen LogP contribution in [0.1, 0.15) is 20.7 Å². The Balaban J connectivity index is 2.27. The molecule has 0 saturated carbocycles. The van der Waals surface area contributed by atoms with Gasteiger partial charge in [0.05, 0.1) is 26.5 Å². The molecule has 2 aromatic rings. The minimum absolute atomic E-state index is 0.0486. The number of nitrogens with two attached hydrogens (primary N) is 1. The topological polar surface area (TPSA) is 138 Å². The Bertz CT molecular complexity index is 1410. The molecule has 1 aliphatic carbocycles. The van der Waals surface area contributed by atoms with Gasteiger partial charge in [-0.2, -0.15) is 0 Å². The first-order chi connectivity index (χ1) is 14.2. The summed E-state index contributed by atoms with van der Waals surface area (Å²) in [5.74, 6) is -2.53.